The molecule has 0 saturated carbocycles. The number of hydrogen-bond acceptors (Lipinski definition) is 6. The number of rotatable bonds is 5. The molecule has 0 atom stereocenters. The summed E-state index contributed by atoms with van der Waals surface area (Å²) in [5.74, 6) is -0.671. The Morgan fingerprint density at radius 2 is 2.32 bits per heavy atom. The van der Waals surface area contributed by atoms with Crippen LogP contribution in [0.2, 0.25) is 0 Å². The maximum atomic E-state index is 10.9. The summed E-state index contributed by atoms with van der Waals surface area (Å²) >= 11 is 0. The van der Waals surface area contributed by atoms with Gasteiger partial charge >= 0.3 is 5.97 Å². The van der Waals surface area contributed by atoms with E-state index in [1.807, 2.05) is 0 Å². The molecule has 0 amide bonds. The highest BCUT2D eigenvalue weighted by atomic mass is 16.5. The summed E-state index contributed by atoms with van der Waals surface area (Å²) in [6, 6.07) is 5.29. The Bertz CT molecular complexity index is 596. The van der Waals surface area contributed by atoms with Gasteiger partial charge in [0.1, 0.15) is 0 Å². The predicted molar refractivity (Wildman–Crippen MR) is 64.8 cm³/mol. The lowest BCUT2D eigenvalue weighted by Crippen LogP contribution is -2.13. The molecule has 19 heavy (non-hydrogen) atoms. The van der Waals surface area contributed by atoms with Gasteiger partial charge in [0.2, 0.25) is 5.88 Å². The first-order chi connectivity index (χ1) is 9.15. The van der Waals surface area contributed by atoms with Crippen molar-refractivity contribution in [1.82, 2.24) is 20.0 Å². The van der Waals surface area contributed by atoms with Crippen LogP contribution in [0.25, 0.3) is 0 Å². The molecule has 0 aliphatic heterocycles. The van der Waals surface area contributed by atoms with E-state index in [9.17, 15) is 4.79 Å². The average Bonchev–Trinajstić information content (AvgIpc) is 2.82. The van der Waals surface area contributed by atoms with E-state index in [0.29, 0.717) is 17.3 Å². The molecular formula is C11H13N5O3. The molecule has 0 aliphatic rings. The van der Waals surface area contributed by atoms with Crippen LogP contribution in [-0.4, -0.2) is 38.2 Å². The maximum Gasteiger partial charge on any atom is 0.358 e. The summed E-state index contributed by atoms with van der Waals surface area (Å²) in [5, 5.41) is 16.3. The Balaban J connectivity index is 2.30. The van der Waals surface area contributed by atoms with Gasteiger partial charge in [0.05, 0.1) is 25.0 Å². The Kier molecular flexibility index (Phi) is 3.71. The van der Waals surface area contributed by atoms with Gasteiger partial charge in [-0.05, 0) is 6.07 Å². The van der Waals surface area contributed by atoms with E-state index in [1.165, 1.54) is 11.8 Å². The first-order valence-corrected chi connectivity index (χ1v) is 5.51. The van der Waals surface area contributed by atoms with Gasteiger partial charge in [0.15, 0.2) is 5.69 Å². The molecule has 100 valence electrons. The van der Waals surface area contributed by atoms with E-state index in [1.54, 1.807) is 18.2 Å². The first kappa shape index (κ1) is 13.0. The van der Waals surface area contributed by atoms with Crippen LogP contribution in [-0.2, 0) is 13.1 Å². The largest absolute Gasteiger partial charge is 0.481 e. The highest BCUT2D eigenvalue weighted by Crippen LogP contribution is 2.10. The fraction of sp³-hybridized carbons (Fsp3) is 0.273. The second-order valence-corrected chi connectivity index (χ2v) is 3.72. The van der Waals surface area contributed by atoms with E-state index in [4.69, 9.17) is 15.6 Å². The Morgan fingerprint density at radius 3 is 2.95 bits per heavy atom. The lowest BCUT2D eigenvalue weighted by Gasteiger charge is -2.06. The lowest BCUT2D eigenvalue weighted by molar-refractivity contribution is 0.0689. The number of aromatic nitrogens is 4. The van der Waals surface area contributed by atoms with Crippen molar-refractivity contribution in [2.75, 3.05) is 7.11 Å². The summed E-state index contributed by atoms with van der Waals surface area (Å²) in [5.41, 5.74) is 6.44. The number of carboxylic acid groups (broad SMARTS) is 1. The van der Waals surface area contributed by atoms with E-state index in [-0.39, 0.29) is 18.8 Å². The van der Waals surface area contributed by atoms with Crippen molar-refractivity contribution in [3.05, 3.63) is 35.3 Å². The zero-order valence-electron chi connectivity index (χ0n) is 10.3. The fourth-order valence-electron chi connectivity index (χ4n) is 1.64. The van der Waals surface area contributed by atoms with Crippen LogP contribution in [0.15, 0.2) is 18.2 Å². The van der Waals surface area contributed by atoms with E-state index in [0.717, 1.165) is 0 Å². The van der Waals surface area contributed by atoms with Gasteiger partial charge < -0.3 is 15.6 Å². The van der Waals surface area contributed by atoms with Gasteiger partial charge in [-0.3, -0.25) is 0 Å². The van der Waals surface area contributed by atoms with E-state index < -0.39 is 5.97 Å². The van der Waals surface area contributed by atoms with Gasteiger partial charge in [-0.1, -0.05) is 11.3 Å². The number of methoxy groups -OCH3 is 1. The molecule has 0 spiro atoms. The molecule has 2 heterocycles. The van der Waals surface area contributed by atoms with Crippen LogP contribution in [0, 0.1) is 0 Å². The van der Waals surface area contributed by atoms with Crippen molar-refractivity contribution in [3.8, 4) is 5.88 Å². The molecule has 0 bridgehead atoms. The maximum absolute atomic E-state index is 10.9. The van der Waals surface area contributed by atoms with Crippen LogP contribution in [0.1, 0.15) is 21.9 Å². The highest BCUT2D eigenvalue weighted by Gasteiger charge is 2.17. The van der Waals surface area contributed by atoms with E-state index in [2.05, 4.69) is 15.3 Å². The van der Waals surface area contributed by atoms with Gasteiger partial charge in [-0.15, -0.1) is 5.10 Å². The van der Waals surface area contributed by atoms with E-state index >= 15 is 0 Å². The number of nitrogens with two attached hydrogens (primary N) is 1. The summed E-state index contributed by atoms with van der Waals surface area (Å²) in [6.07, 6.45) is 0. The summed E-state index contributed by atoms with van der Waals surface area (Å²) < 4.78 is 6.44. The molecule has 8 heteroatoms. The van der Waals surface area contributed by atoms with Gasteiger partial charge in [-0.25, -0.2) is 14.5 Å². The number of pyridine rings is 1. The zero-order chi connectivity index (χ0) is 13.8. The number of nitrogens with zero attached hydrogens (tertiary/aromatic N) is 4. The Morgan fingerprint density at radius 1 is 1.53 bits per heavy atom. The molecular weight excluding hydrogens is 250 g/mol. The van der Waals surface area contributed by atoms with Crippen molar-refractivity contribution >= 4 is 5.97 Å². The van der Waals surface area contributed by atoms with Gasteiger partial charge in [0, 0.05) is 12.6 Å². The zero-order valence-corrected chi connectivity index (χ0v) is 10.3. The number of carboxylic acids is 1. The normalized spacial score (nSPS) is 10.4. The van der Waals surface area contributed by atoms with Crippen molar-refractivity contribution in [3.63, 3.8) is 0 Å². The van der Waals surface area contributed by atoms with Crippen molar-refractivity contribution < 1.29 is 14.6 Å². The molecule has 0 fully saturated rings. The third-order valence-electron chi connectivity index (χ3n) is 2.54. The second kappa shape index (κ2) is 5.44. The average molecular weight is 263 g/mol. The SMILES string of the molecule is COc1cccc(Cn2nnc(C(=O)O)c2CN)n1. The number of carbonyl (C=O) groups is 1. The topological polar surface area (TPSA) is 116 Å². The summed E-state index contributed by atoms with van der Waals surface area (Å²) in [4.78, 5) is 15.2. The number of ether oxygens (including phenoxy) is 1. The van der Waals surface area contributed by atoms with Gasteiger partial charge in [0.25, 0.3) is 0 Å². The molecule has 2 aromatic rings. The van der Waals surface area contributed by atoms with Crippen LogP contribution < -0.4 is 10.5 Å². The van der Waals surface area contributed by atoms with Crippen LogP contribution >= 0.6 is 0 Å². The van der Waals surface area contributed by atoms with Crippen molar-refractivity contribution in [2.24, 2.45) is 5.73 Å². The molecule has 3 N–H and O–H groups in total. The minimum Gasteiger partial charge on any atom is -0.481 e. The number of hydrogen-bond donors (Lipinski definition) is 2. The standard InChI is InChI=1S/C11H13N5O3/c1-19-9-4-2-3-7(13-9)6-16-8(5-12)10(11(17)18)14-15-16/h2-4H,5-6,12H2,1H3,(H,17,18). The Hall–Kier alpha value is -2.48. The monoisotopic (exact) mass is 263 g/mol. The second-order valence-electron chi connectivity index (χ2n) is 3.72. The summed E-state index contributed by atoms with van der Waals surface area (Å²) in [7, 11) is 1.52. The molecule has 8 nitrogen and oxygen atoms in total. The molecule has 0 aliphatic carbocycles. The lowest BCUT2D eigenvalue weighted by atomic mass is 10.3. The fourth-order valence-corrected chi connectivity index (χ4v) is 1.64. The van der Waals surface area contributed by atoms with Crippen LogP contribution in [0.3, 0.4) is 0 Å². The molecule has 0 aromatic carbocycles. The first-order valence-electron chi connectivity index (χ1n) is 5.51. The third kappa shape index (κ3) is 2.68. The highest BCUT2D eigenvalue weighted by molar-refractivity contribution is 5.86. The summed E-state index contributed by atoms with van der Waals surface area (Å²) in [6.45, 7) is 0.322. The van der Waals surface area contributed by atoms with Crippen molar-refractivity contribution in [2.45, 2.75) is 13.1 Å². The molecule has 2 rings (SSSR count). The molecule has 0 unspecified atom stereocenters. The molecule has 0 saturated heterocycles. The van der Waals surface area contributed by atoms with Crippen LogP contribution in [0.4, 0.5) is 0 Å². The Labute approximate surface area is 108 Å². The quantitative estimate of drug-likeness (QED) is 0.772. The van der Waals surface area contributed by atoms with Crippen molar-refractivity contribution in [1.29, 1.82) is 0 Å². The molecule has 2 aromatic heterocycles. The van der Waals surface area contributed by atoms with Crippen LogP contribution in [0.5, 0.6) is 5.88 Å². The number of aromatic carboxylic acids is 1. The predicted octanol–water partition coefficient (Wildman–Crippen LogP) is -0.113. The minimum absolute atomic E-state index is 0.0403. The van der Waals surface area contributed by atoms with Gasteiger partial charge in [-0.2, -0.15) is 0 Å². The smallest absolute Gasteiger partial charge is 0.358 e. The minimum atomic E-state index is -1.15. The molecule has 0 radical (unpaired) electrons. The third-order valence-corrected chi connectivity index (χ3v) is 2.54.